The first-order valence-electron chi connectivity index (χ1n) is 9.33. The molecule has 0 unspecified atom stereocenters. The van der Waals surface area contributed by atoms with E-state index in [-0.39, 0.29) is 28.4 Å². The number of amides is 1. The molecule has 3 aromatic heterocycles. The van der Waals surface area contributed by atoms with Gasteiger partial charge in [-0.3, -0.25) is 9.78 Å². The summed E-state index contributed by atoms with van der Waals surface area (Å²) in [5.41, 5.74) is 1.24. The van der Waals surface area contributed by atoms with Gasteiger partial charge in [0.15, 0.2) is 11.6 Å². The fourth-order valence-electron chi connectivity index (χ4n) is 3.65. The van der Waals surface area contributed by atoms with Crippen LogP contribution in [-0.2, 0) is 17.9 Å². The summed E-state index contributed by atoms with van der Waals surface area (Å²) in [5, 5.41) is 5.68. The Bertz CT molecular complexity index is 1090. The van der Waals surface area contributed by atoms with E-state index >= 15 is 4.39 Å². The fraction of sp³-hybridized carbons (Fsp3) is 0.368. The van der Waals surface area contributed by atoms with Crippen LogP contribution in [0.1, 0.15) is 25.1 Å². The van der Waals surface area contributed by atoms with E-state index in [1.165, 1.54) is 12.3 Å². The highest BCUT2D eigenvalue weighted by Crippen LogP contribution is 2.31. The molecule has 7 nitrogen and oxygen atoms in total. The van der Waals surface area contributed by atoms with Crippen molar-refractivity contribution < 1.29 is 13.6 Å². The highest BCUT2D eigenvalue weighted by atomic mass is 19.1. The van der Waals surface area contributed by atoms with Crippen LogP contribution in [0.5, 0.6) is 0 Å². The molecule has 1 aliphatic carbocycles. The lowest BCUT2D eigenvalue weighted by atomic mass is 9.85. The number of hydrogen-bond acceptors (Lipinski definition) is 5. The molecule has 0 saturated heterocycles. The number of fused-ring (bicyclic) bond motifs is 2. The summed E-state index contributed by atoms with van der Waals surface area (Å²) in [5.74, 6) is -1.59. The molecule has 4 heterocycles. The van der Waals surface area contributed by atoms with Crippen molar-refractivity contribution in [1.29, 1.82) is 0 Å². The van der Waals surface area contributed by atoms with E-state index in [1.807, 2.05) is 4.57 Å². The number of nitrogens with zero attached hydrogens (tertiary/aromatic N) is 4. The van der Waals surface area contributed by atoms with Gasteiger partial charge < -0.3 is 15.2 Å². The van der Waals surface area contributed by atoms with Gasteiger partial charge >= 0.3 is 0 Å². The zero-order valence-corrected chi connectivity index (χ0v) is 15.0. The molecule has 28 heavy (non-hydrogen) atoms. The molecule has 9 heteroatoms. The van der Waals surface area contributed by atoms with E-state index in [9.17, 15) is 9.18 Å². The summed E-state index contributed by atoms with van der Waals surface area (Å²) in [7, 11) is 0. The predicted molar refractivity (Wildman–Crippen MR) is 98.4 cm³/mol. The Balaban J connectivity index is 1.57. The zero-order chi connectivity index (χ0) is 19.3. The van der Waals surface area contributed by atoms with Crippen molar-refractivity contribution in [2.24, 2.45) is 5.92 Å². The first-order valence-corrected chi connectivity index (χ1v) is 9.33. The van der Waals surface area contributed by atoms with Crippen molar-refractivity contribution in [1.82, 2.24) is 24.8 Å². The number of imidazole rings is 1. The van der Waals surface area contributed by atoms with Gasteiger partial charge in [-0.25, -0.2) is 9.37 Å². The minimum atomic E-state index is -0.862. The van der Waals surface area contributed by atoms with Crippen LogP contribution in [0.3, 0.4) is 0 Å². The number of aromatic nitrogens is 4. The van der Waals surface area contributed by atoms with Crippen LogP contribution in [0, 0.1) is 17.7 Å². The Morgan fingerprint density at radius 2 is 2.07 bits per heavy atom. The SMILES string of the molecule is O=C(Nc1nc(F)c2cnc(-c3cnc4n3CCNC4)cc2c1F)C1CCC1. The van der Waals surface area contributed by atoms with E-state index in [2.05, 4.69) is 25.6 Å². The molecule has 0 atom stereocenters. The third-order valence-corrected chi connectivity index (χ3v) is 5.49. The lowest BCUT2D eigenvalue weighted by molar-refractivity contribution is -0.122. The highest BCUT2D eigenvalue weighted by Gasteiger charge is 2.27. The normalized spacial score (nSPS) is 16.6. The average Bonchev–Trinajstić information content (AvgIpc) is 3.08. The number of pyridine rings is 2. The second kappa shape index (κ2) is 6.59. The Kier molecular flexibility index (Phi) is 4.04. The molecule has 1 fully saturated rings. The number of hydrogen-bond donors (Lipinski definition) is 2. The second-order valence-corrected chi connectivity index (χ2v) is 7.19. The molecule has 1 aliphatic heterocycles. The van der Waals surface area contributed by atoms with Gasteiger partial charge in [-0.05, 0) is 18.9 Å². The topological polar surface area (TPSA) is 84.7 Å². The minimum absolute atomic E-state index is 0.0251. The number of anilines is 1. The smallest absolute Gasteiger partial charge is 0.228 e. The standard InChI is InChI=1S/C19H18F2N6O/c20-16-11-6-13(14-8-24-15-9-22-4-5-27(14)15)23-7-12(11)17(21)25-18(16)26-19(28)10-2-1-3-10/h6-8,10,22H,1-5,9H2,(H,25,26,28). The fourth-order valence-corrected chi connectivity index (χ4v) is 3.65. The molecular formula is C19H18F2N6O. The quantitative estimate of drug-likeness (QED) is 0.678. The number of carbonyl (C=O) groups excluding carboxylic acids is 1. The van der Waals surface area contributed by atoms with E-state index in [0.29, 0.717) is 12.2 Å². The second-order valence-electron chi connectivity index (χ2n) is 7.19. The van der Waals surface area contributed by atoms with Gasteiger partial charge in [0.2, 0.25) is 11.9 Å². The largest absolute Gasteiger partial charge is 0.324 e. The van der Waals surface area contributed by atoms with Crippen molar-refractivity contribution in [3.63, 3.8) is 0 Å². The molecule has 0 radical (unpaired) electrons. The van der Waals surface area contributed by atoms with E-state index in [0.717, 1.165) is 43.9 Å². The third-order valence-electron chi connectivity index (χ3n) is 5.49. The molecule has 3 aromatic rings. The average molecular weight is 384 g/mol. The van der Waals surface area contributed by atoms with Crippen LogP contribution in [0.25, 0.3) is 22.2 Å². The maximum absolute atomic E-state index is 15.1. The summed E-state index contributed by atoms with van der Waals surface area (Å²) in [4.78, 5) is 24.4. The lowest BCUT2D eigenvalue weighted by Crippen LogP contribution is -2.29. The van der Waals surface area contributed by atoms with Crippen LogP contribution < -0.4 is 10.6 Å². The number of halogens is 2. The number of carbonyl (C=O) groups is 1. The molecule has 1 saturated carbocycles. The van der Waals surface area contributed by atoms with Crippen LogP contribution in [0.2, 0.25) is 0 Å². The lowest BCUT2D eigenvalue weighted by Gasteiger charge is -2.24. The molecule has 1 amide bonds. The summed E-state index contributed by atoms with van der Waals surface area (Å²) >= 11 is 0. The van der Waals surface area contributed by atoms with Crippen molar-refractivity contribution in [3.8, 4) is 11.4 Å². The van der Waals surface area contributed by atoms with Crippen molar-refractivity contribution in [3.05, 3.63) is 36.0 Å². The maximum atomic E-state index is 15.1. The van der Waals surface area contributed by atoms with Crippen LogP contribution >= 0.6 is 0 Å². The minimum Gasteiger partial charge on any atom is -0.324 e. The number of nitrogens with one attached hydrogen (secondary N) is 2. The highest BCUT2D eigenvalue weighted by molar-refractivity contribution is 5.95. The Morgan fingerprint density at radius 1 is 1.21 bits per heavy atom. The van der Waals surface area contributed by atoms with Crippen LogP contribution in [-0.4, -0.2) is 32.0 Å². The summed E-state index contributed by atoms with van der Waals surface area (Å²) in [6, 6.07) is 1.49. The van der Waals surface area contributed by atoms with E-state index in [4.69, 9.17) is 0 Å². The maximum Gasteiger partial charge on any atom is 0.228 e. The Hall–Kier alpha value is -2.94. The predicted octanol–water partition coefficient (Wildman–Crippen LogP) is 2.61. The van der Waals surface area contributed by atoms with Gasteiger partial charge in [0.25, 0.3) is 0 Å². The molecule has 5 rings (SSSR count). The molecule has 144 valence electrons. The van der Waals surface area contributed by atoms with E-state index < -0.39 is 11.8 Å². The Morgan fingerprint density at radius 3 is 2.86 bits per heavy atom. The summed E-state index contributed by atoms with van der Waals surface area (Å²) < 4.78 is 31.5. The van der Waals surface area contributed by atoms with Gasteiger partial charge in [0.05, 0.1) is 29.5 Å². The van der Waals surface area contributed by atoms with E-state index in [1.54, 1.807) is 6.20 Å². The van der Waals surface area contributed by atoms with Gasteiger partial charge in [0, 0.05) is 30.6 Å². The Labute approximate surface area is 159 Å². The summed E-state index contributed by atoms with van der Waals surface area (Å²) in [6.07, 6.45) is 5.46. The van der Waals surface area contributed by atoms with Gasteiger partial charge in [-0.2, -0.15) is 9.37 Å². The monoisotopic (exact) mass is 384 g/mol. The molecule has 2 N–H and O–H groups in total. The third kappa shape index (κ3) is 2.73. The van der Waals surface area contributed by atoms with Gasteiger partial charge in [0.1, 0.15) is 5.82 Å². The molecular weight excluding hydrogens is 366 g/mol. The summed E-state index contributed by atoms with van der Waals surface area (Å²) in [6.45, 7) is 2.17. The van der Waals surface area contributed by atoms with Crippen LogP contribution in [0.15, 0.2) is 18.5 Å². The van der Waals surface area contributed by atoms with Crippen molar-refractivity contribution >= 4 is 22.5 Å². The van der Waals surface area contributed by atoms with Crippen molar-refractivity contribution in [2.75, 3.05) is 11.9 Å². The van der Waals surface area contributed by atoms with Gasteiger partial charge in [-0.15, -0.1) is 0 Å². The molecule has 0 aromatic carbocycles. The first kappa shape index (κ1) is 17.2. The zero-order valence-electron chi connectivity index (χ0n) is 15.0. The molecule has 0 spiro atoms. The number of rotatable bonds is 3. The molecule has 2 aliphatic rings. The van der Waals surface area contributed by atoms with Crippen molar-refractivity contribution in [2.45, 2.75) is 32.4 Å². The first-order chi connectivity index (χ1) is 13.6. The van der Waals surface area contributed by atoms with Crippen LogP contribution in [0.4, 0.5) is 14.6 Å². The van der Waals surface area contributed by atoms with Gasteiger partial charge in [-0.1, -0.05) is 6.42 Å². The molecule has 0 bridgehead atoms.